The number of hydrogen-bond acceptors (Lipinski definition) is 3. The summed E-state index contributed by atoms with van der Waals surface area (Å²) in [5.74, 6) is 1.78. The van der Waals surface area contributed by atoms with Crippen molar-refractivity contribution in [2.45, 2.75) is 26.5 Å². The lowest BCUT2D eigenvalue weighted by molar-refractivity contribution is -0.129. The van der Waals surface area contributed by atoms with Gasteiger partial charge >= 0.3 is 0 Å². The number of hydrogen-bond donors (Lipinski definition) is 0. The van der Waals surface area contributed by atoms with E-state index in [2.05, 4.69) is 4.98 Å². The summed E-state index contributed by atoms with van der Waals surface area (Å²) < 4.78 is 8.00. The van der Waals surface area contributed by atoms with Crippen LogP contribution in [0.4, 0.5) is 0 Å². The van der Waals surface area contributed by atoms with Gasteiger partial charge < -0.3 is 14.2 Å². The van der Waals surface area contributed by atoms with Gasteiger partial charge in [0.2, 0.25) is 5.91 Å². The third kappa shape index (κ3) is 5.20. The van der Waals surface area contributed by atoms with Gasteiger partial charge in [-0.05, 0) is 18.6 Å². The van der Waals surface area contributed by atoms with E-state index >= 15 is 0 Å². The van der Waals surface area contributed by atoms with E-state index < -0.39 is 0 Å². The van der Waals surface area contributed by atoms with E-state index in [0.717, 1.165) is 29.2 Å². The van der Waals surface area contributed by atoms with Crippen molar-refractivity contribution >= 4 is 5.91 Å². The maximum Gasteiger partial charge on any atom is 0.226 e. The van der Waals surface area contributed by atoms with Crippen LogP contribution in [0.1, 0.15) is 17.0 Å². The monoisotopic (exact) mass is 363 g/mol. The largest absolute Gasteiger partial charge is 0.489 e. The van der Waals surface area contributed by atoms with Crippen LogP contribution in [0.3, 0.4) is 0 Å². The molecule has 0 N–H and O–H groups in total. The number of aromatic nitrogens is 2. The maximum absolute atomic E-state index is 12.6. The third-order valence-corrected chi connectivity index (χ3v) is 4.58. The molecule has 0 aliphatic heterocycles. The van der Waals surface area contributed by atoms with Crippen LogP contribution in [0.25, 0.3) is 0 Å². The smallest absolute Gasteiger partial charge is 0.226 e. The molecule has 3 aromatic rings. The number of carbonyl (C=O) groups excluding carboxylic acids is 1. The van der Waals surface area contributed by atoms with E-state index in [0.29, 0.717) is 19.6 Å². The molecule has 5 heteroatoms. The molecule has 5 nitrogen and oxygen atoms in total. The molecular weight excluding hydrogens is 338 g/mol. The first kappa shape index (κ1) is 18.7. The predicted octanol–water partition coefficient (Wildman–Crippen LogP) is 3.47. The molecule has 0 saturated carbocycles. The summed E-state index contributed by atoms with van der Waals surface area (Å²) in [6.07, 6.45) is 4.03. The Morgan fingerprint density at radius 2 is 1.85 bits per heavy atom. The normalized spacial score (nSPS) is 10.6. The predicted molar refractivity (Wildman–Crippen MR) is 106 cm³/mol. The van der Waals surface area contributed by atoms with Crippen molar-refractivity contribution in [1.29, 1.82) is 0 Å². The summed E-state index contributed by atoms with van der Waals surface area (Å²) in [5, 5.41) is 0. The van der Waals surface area contributed by atoms with Gasteiger partial charge in [0.25, 0.3) is 0 Å². The molecule has 1 aromatic heterocycles. The van der Waals surface area contributed by atoms with Gasteiger partial charge in [0, 0.05) is 38.1 Å². The van der Waals surface area contributed by atoms with E-state index in [1.54, 1.807) is 11.1 Å². The Bertz CT molecular complexity index is 874. The van der Waals surface area contributed by atoms with Crippen molar-refractivity contribution in [3.05, 3.63) is 83.9 Å². The minimum atomic E-state index is 0.0727. The molecule has 1 amide bonds. The molecule has 0 spiro atoms. The third-order valence-electron chi connectivity index (χ3n) is 4.58. The molecule has 0 bridgehead atoms. The topological polar surface area (TPSA) is 47.4 Å². The first-order valence-corrected chi connectivity index (χ1v) is 9.10. The summed E-state index contributed by atoms with van der Waals surface area (Å²) in [7, 11) is 1.84. The van der Waals surface area contributed by atoms with Crippen molar-refractivity contribution in [1.82, 2.24) is 14.5 Å². The van der Waals surface area contributed by atoms with E-state index in [4.69, 9.17) is 4.74 Å². The lowest BCUT2D eigenvalue weighted by atomic mass is 10.1. The van der Waals surface area contributed by atoms with Crippen LogP contribution in [0.5, 0.6) is 5.75 Å². The average Bonchev–Trinajstić information content (AvgIpc) is 3.11. The molecule has 2 aromatic carbocycles. The van der Waals surface area contributed by atoms with E-state index in [1.807, 2.05) is 79.3 Å². The van der Waals surface area contributed by atoms with Crippen LogP contribution in [0.15, 0.2) is 67.0 Å². The molecule has 27 heavy (non-hydrogen) atoms. The Labute approximate surface area is 160 Å². The first-order valence-electron chi connectivity index (χ1n) is 9.10. The van der Waals surface area contributed by atoms with Crippen LogP contribution >= 0.6 is 0 Å². The van der Waals surface area contributed by atoms with Gasteiger partial charge in [0.15, 0.2) is 0 Å². The van der Waals surface area contributed by atoms with Gasteiger partial charge in [-0.3, -0.25) is 4.79 Å². The van der Waals surface area contributed by atoms with Crippen molar-refractivity contribution in [2.24, 2.45) is 0 Å². The van der Waals surface area contributed by atoms with Crippen LogP contribution in [-0.4, -0.2) is 34.0 Å². The molecule has 3 rings (SSSR count). The fourth-order valence-electron chi connectivity index (χ4n) is 2.85. The number of para-hydroxylation sites is 1. The number of amides is 1. The van der Waals surface area contributed by atoms with Gasteiger partial charge in [-0.2, -0.15) is 0 Å². The Morgan fingerprint density at radius 3 is 2.59 bits per heavy atom. The zero-order valence-corrected chi connectivity index (χ0v) is 15.8. The zero-order chi connectivity index (χ0) is 19.1. The van der Waals surface area contributed by atoms with Crippen molar-refractivity contribution < 1.29 is 9.53 Å². The molecule has 1 heterocycles. The van der Waals surface area contributed by atoms with Gasteiger partial charge in [-0.1, -0.05) is 48.5 Å². The quantitative estimate of drug-likeness (QED) is 0.616. The Kier molecular flexibility index (Phi) is 6.26. The van der Waals surface area contributed by atoms with Gasteiger partial charge in [-0.15, -0.1) is 0 Å². The standard InChI is InChI=1S/C22H25N3O2/c1-18-23-12-13-25(18)15-14-24(2)22(26)16-20-10-6-7-11-21(20)27-17-19-8-4-3-5-9-19/h3-13H,14-17H2,1-2H3. The molecule has 0 radical (unpaired) electrons. The highest BCUT2D eigenvalue weighted by Crippen LogP contribution is 2.20. The number of rotatable bonds is 8. The lowest BCUT2D eigenvalue weighted by Crippen LogP contribution is -2.31. The van der Waals surface area contributed by atoms with Crippen molar-refractivity contribution in [3.8, 4) is 5.75 Å². The van der Waals surface area contributed by atoms with E-state index in [-0.39, 0.29) is 5.91 Å². The highest BCUT2D eigenvalue weighted by atomic mass is 16.5. The van der Waals surface area contributed by atoms with Crippen LogP contribution in [0.2, 0.25) is 0 Å². The van der Waals surface area contributed by atoms with Crippen LogP contribution in [-0.2, 0) is 24.4 Å². The Hall–Kier alpha value is -3.08. The Morgan fingerprint density at radius 1 is 1.11 bits per heavy atom. The summed E-state index contributed by atoms with van der Waals surface area (Å²) in [6.45, 7) is 3.83. The van der Waals surface area contributed by atoms with Gasteiger partial charge in [0.05, 0.1) is 6.42 Å². The fraction of sp³-hybridized carbons (Fsp3) is 0.273. The Balaban J connectivity index is 1.57. The highest BCUT2D eigenvalue weighted by molar-refractivity contribution is 5.79. The van der Waals surface area contributed by atoms with E-state index in [1.165, 1.54) is 0 Å². The number of imidazole rings is 1. The number of likely N-dealkylation sites (N-methyl/N-ethyl adjacent to an activating group) is 1. The highest BCUT2D eigenvalue weighted by Gasteiger charge is 2.13. The molecule has 140 valence electrons. The molecule has 0 atom stereocenters. The van der Waals surface area contributed by atoms with Crippen LogP contribution in [0, 0.1) is 6.92 Å². The summed E-state index contributed by atoms with van der Waals surface area (Å²) >= 11 is 0. The molecule has 0 saturated heterocycles. The zero-order valence-electron chi connectivity index (χ0n) is 15.8. The SMILES string of the molecule is Cc1nccn1CCN(C)C(=O)Cc1ccccc1OCc1ccccc1. The average molecular weight is 363 g/mol. The van der Waals surface area contributed by atoms with Crippen LogP contribution < -0.4 is 4.74 Å². The number of carbonyl (C=O) groups is 1. The summed E-state index contributed by atoms with van der Waals surface area (Å²) in [4.78, 5) is 18.6. The molecule has 0 unspecified atom stereocenters. The van der Waals surface area contributed by atoms with Gasteiger partial charge in [-0.25, -0.2) is 4.98 Å². The second-order valence-corrected chi connectivity index (χ2v) is 6.54. The number of benzene rings is 2. The van der Waals surface area contributed by atoms with Gasteiger partial charge in [0.1, 0.15) is 18.2 Å². The second kappa shape index (κ2) is 9.03. The number of nitrogens with zero attached hydrogens (tertiary/aromatic N) is 3. The first-order chi connectivity index (χ1) is 13.1. The van der Waals surface area contributed by atoms with E-state index in [9.17, 15) is 4.79 Å². The van der Waals surface area contributed by atoms with Crippen molar-refractivity contribution in [2.75, 3.05) is 13.6 Å². The maximum atomic E-state index is 12.6. The number of aryl methyl sites for hydroxylation is 1. The molecule has 0 aliphatic rings. The minimum absolute atomic E-state index is 0.0727. The molecule has 0 fully saturated rings. The fourth-order valence-corrected chi connectivity index (χ4v) is 2.85. The second-order valence-electron chi connectivity index (χ2n) is 6.54. The van der Waals surface area contributed by atoms with Crippen molar-refractivity contribution in [3.63, 3.8) is 0 Å². The molecular formula is C22H25N3O2. The minimum Gasteiger partial charge on any atom is -0.489 e. The lowest BCUT2D eigenvalue weighted by Gasteiger charge is -2.19. The summed E-state index contributed by atoms with van der Waals surface area (Å²) in [5.41, 5.74) is 2.01. The molecule has 0 aliphatic carbocycles. The number of ether oxygens (including phenoxy) is 1. The summed E-state index contributed by atoms with van der Waals surface area (Å²) in [6, 6.07) is 17.8.